The fraction of sp³-hybridized carbons (Fsp3) is 0.318. The van der Waals surface area contributed by atoms with Crippen LogP contribution in [-0.2, 0) is 6.54 Å². The van der Waals surface area contributed by atoms with Gasteiger partial charge in [-0.2, -0.15) is 0 Å². The quantitative estimate of drug-likeness (QED) is 0.718. The molecule has 1 atom stereocenters. The predicted octanol–water partition coefficient (Wildman–Crippen LogP) is 4.65. The van der Waals surface area contributed by atoms with E-state index in [4.69, 9.17) is 0 Å². The van der Waals surface area contributed by atoms with Gasteiger partial charge in [-0.3, -0.25) is 9.88 Å². The zero-order valence-corrected chi connectivity index (χ0v) is 15.7. The Bertz CT molecular complexity index is 863. The van der Waals surface area contributed by atoms with E-state index in [-0.39, 0.29) is 0 Å². The summed E-state index contributed by atoms with van der Waals surface area (Å²) in [5, 5.41) is 3.28. The number of likely N-dealkylation sites (tertiary alicyclic amines) is 1. The van der Waals surface area contributed by atoms with E-state index in [1.807, 2.05) is 49.6 Å². The number of anilines is 2. The molecule has 0 spiro atoms. The lowest BCUT2D eigenvalue weighted by atomic mass is 9.96. The Labute approximate surface area is 160 Å². The summed E-state index contributed by atoms with van der Waals surface area (Å²) in [5.41, 5.74) is 3.39. The van der Waals surface area contributed by atoms with Crippen LogP contribution in [0.25, 0.3) is 0 Å². The third kappa shape index (κ3) is 4.49. The highest BCUT2D eigenvalue weighted by Gasteiger charge is 2.24. The molecular weight excluding hydrogens is 334 g/mol. The highest BCUT2D eigenvalue weighted by atomic mass is 15.2. The summed E-state index contributed by atoms with van der Waals surface area (Å²) in [6, 6.07) is 16.7. The zero-order valence-electron chi connectivity index (χ0n) is 15.7. The van der Waals surface area contributed by atoms with E-state index < -0.39 is 0 Å². The van der Waals surface area contributed by atoms with Crippen molar-refractivity contribution in [3.05, 3.63) is 77.9 Å². The van der Waals surface area contributed by atoms with Crippen LogP contribution in [0.1, 0.15) is 42.3 Å². The fourth-order valence-electron chi connectivity index (χ4n) is 3.68. The molecule has 1 fully saturated rings. The lowest BCUT2D eigenvalue weighted by molar-refractivity contribution is 0.138. The number of aryl methyl sites for hydroxylation is 1. The van der Waals surface area contributed by atoms with Gasteiger partial charge in [-0.25, -0.2) is 9.97 Å². The van der Waals surface area contributed by atoms with Gasteiger partial charge in [-0.05, 0) is 62.2 Å². The molecule has 1 saturated heterocycles. The topological polar surface area (TPSA) is 53.9 Å². The predicted molar refractivity (Wildman–Crippen MR) is 108 cm³/mol. The molecule has 1 unspecified atom stereocenters. The Morgan fingerprint density at radius 1 is 1.00 bits per heavy atom. The largest absolute Gasteiger partial charge is 0.325 e. The van der Waals surface area contributed by atoms with Crippen molar-refractivity contribution >= 4 is 11.6 Å². The standard InChI is InChI=1S/C22H25N5/c1-17-7-6-10-22(25-17)26-21-12-11-18(15-24-21)20-9-3-5-14-27(20)16-19-8-2-4-13-23-19/h2,4,6-8,10-13,15,20H,3,5,9,14,16H2,1H3,(H,24,25,26). The Morgan fingerprint density at radius 3 is 2.74 bits per heavy atom. The van der Waals surface area contributed by atoms with Crippen LogP contribution in [-0.4, -0.2) is 26.4 Å². The van der Waals surface area contributed by atoms with E-state index in [0.717, 1.165) is 36.1 Å². The molecule has 0 bridgehead atoms. The summed E-state index contributed by atoms with van der Waals surface area (Å²) in [4.78, 5) is 16.1. The van der Waals surface area contributed by atoms with Gasteiger partial charge >= 0.3 is 0 Å². The SMILES string of the molecule is Cc1cccc(Nc2ccc(C3CCCCN3Cc3ccccn3)cn2)n1. The van der Waals surface area contributed by atoms with Gasteiger partial charge in [-0.1, -0.05) is 24.6 Å². The second-order valence-corrected chi connectivity index (χ2v) is 7.07. The van der Waals surface area contributed by atoms with Crippen molar-refractivity contribution in [2.75, 3.05) is 11.9 Å². The first-order valence-corrected chi connectivity index (χ1v) is 9.58. The summed E-state index contributed by atoms with van der Waals surface area (Å²) in [6.45, 7) is 3.98. The van der Waals surface area contributed by atoms with Crippen LogP contribution in [0.15, 0.2) is 60.9 Å². The summed E-state index contributed by atoms with van der Waals surface area (Å²) < 4.78 is 0. The smallest absolute Gasteiger partial charge is 0.131 e. The van der Waals surface area contributed by atoms with E-state index in [1.165, 1.54) is 24.8 Å². The average molecular weight is 359 g/mol. The molecule has 1 aliphatic heterocycles. The van der Waals surface area contributed by atoms with Crippen molar-refractivity contribution in [2.24, 2.45) is 0 Å². The Balaban J connectivity index is 1.47. The molecule has 0 amide bonds. The lowest BCUT2D eigenvalue weighted by Crippen LogP contribution is -2.33. The second kappa shape index (κ2) is 8.27. The van der Waals surface area contributed by atoms with E-state index in [1.54, 1.807) is 0 Å². The molecule has 3 aromatic heterocycles. The molecule has 27 heavy (non-hydrogen) atoms. The molecule has 5 heteroatoms. The van der Waals surface area contributed by atoms with Crippen molar-refractivity contribution in [3.8, 4) is 0 Å². The van der Waals surface area contributed by atoms with Crippen LogP contribution in [0.4, 0.5) is 11.6 Å². The minimum Gasteiger partial charge on any atom is -0.325 e. The van der Waals surface area contributed by atoms with E-state index >= 15 is 0 Å². The Morgan fingerprint density at radius 2 is 1.96 bits per heavy atom. The van der Waals surface area contributed by atoms with E-state index in [9.17, 15) is 0 Å². The van der Waals surface area contributed by atoms with Crippen LogP contribution >= 0.6 is 0 Å². The van der Waals surface area contributed by atoms with Crippen LogP contribution in [0.2, 0.25) is 0 Å². The number of hydrogen-bond acceptors (Lipinski definition) is 5. The van der Waals surface area contributed by atoms with Gasteiger partial charge in [0.05, 0.1) is 5.69 Å². The molecule has 4 heterocycles. The number of hydrogen-bond donors (Lipinski definition) is 1. The van der Waals surface area contributed by atoms with Gasteiger partial charge < -0.3 is 5.32 Å². The normalized spacial score (nSPS) is 17.6. The molecule has 1 aliphatic rings. The highest BCUT2D eigenvalue weighted by Crippen LogP contribution is 2.32. The molecule has 3 aromatic rings. The van der Waals surface area contributed by atoms with Gasteiger partial charge in [-0.15, -0.1) is 0 Å². The summed E-state index contributed by atoms with van der Waals surface area (Å²) >= 11 is 0. The number of pyridine rings is 3. The van der Waals surface area contributed by atoms with Gasteiger partial charge in [0.25, 0.3) is 0 Å². The molecule has 0 aliphatic carbocycles. The number of rotatable bonds is 5. The number of aromatic nitrogens is 3. The van der Waals surface area contributed by atoms with Crippen molar-refractivity contribution in [2.45, 2.75) is 38.8 Å². The summed E-state index contributed by atoms with van der Waals surface area (Å²) in [7, 11) is 0. The maximum atomic E-state index is 4.63. The molecular formula is C22H25N5. The van der Waals surface area contributed by atoms with E-state index in [0.29, 0.717) is 6.04 Å². The highest BCUT2D eigenvalue weighted by molar-refractivity contribution is 5.51. The molecule has 138 valence electrons. The van der Waals surface area contributed by atoms with Crippen molar-refractivity contribution in [1.82, 2.24) is 19.9 Å². The van der Waals surface area contributed by atoms with Gasteiger partial charge in [0.15, 0.2) is 0 Å². The fourth-order valence-corrected chi connectivity index (χ4v) is 3.68. The third-order valence-electron chi connectivity index (χ3n) is 5.02. The monoisotopic (exact) mass is 359 g/mol. The van der Waals surface area contributed by atoms with E-state index in [2.05, 4.69) is 43.4 Å². The van der Waals surface area contributed by atoms with Crippen LogP contribution in [0.5, 0.6) is 0 Å². The second-order valence-electron chi connectivity index (χ2n) is 7.07. The average Bonchev–Trinajstić information content (AvgIpc) is 2.70. The van der Waals surface area contributed by atoms with Crippen molar-refractivity contribution in [3.63, 3.8) is 0 Å². The first-order chi connectivity index (χ1) is 13.3. The van der Waals surface area contributed by atoms with Crippen molar-refractivity contribution in [1.29, 1.82) is 0 Å². The molecule has 0 saturated carbocycles. The third-order valence-corrected chi connectivity index (χ3v) is 5.02. The minimum atomic E-state index is 0.402. The van der Waals surface area contributed by atoms with Crippen LogP contribution in [0, 0.1) is 6.92 Å². The molecule has 0 aromatic carbocycles. The maximum absolute atomic E-state index is 4.63. The molecule has 4 rings (SSSR count). The van der Waals surface area contributed by atoms with Gasteiger partial charge in [0, 0.05) is 30.7 Å². The van der Waals surface area contributed by atoms with Crippen molar-refractivity contribution < 1.29 is 0 Å². The first-order valence-electron chi connectivity index (χ1n) is 9.58. The zero-order chi connectivity index (χ0) is 18.5. The number of nitrogens with one attached hydrogen (secondary N) is 1. The lowest BCUT2D eigenvalue weighted by Gasteiger charge is -2.35. The maximum Gasteiger partial charge on any atom is 0.131 e. The number of nitrogens with zero attached hydrogens (tertiary/aromatic N) is 4. The Kier molecular flexibility index (Phi) is 5.39. The summed E-state index contributed by atoms with van der Waals surface area (Å²) in [6.07, 6.45) is 7.54. The minimum absolute atomic E-state index is 0.402. The van der Waals surface area contributed by atoms with Crippen LogP contribution in [0.3, 0.4) is 0 Å². The Hall–Kier alpha value is -2.79. The summed E-state index contributed by atoms with van der Waals surface area (Å²) in [5.74, 6) is 1.65. The number of piperidine rings is 1. The molecule has 5 nitrogen and oxygen atoms in total. The van der Waals surface area contributed by atoms with Gasteiger partial charge in [0.1, 0.15) is 11.6 Å². The first kappa shape index (κ1) is 17.6. The molecule has 1 N–H and O–H groups in total. The van der Waals surface area contributed by atoms with Gasteiger partial charge in [0.2, 0.25) is 0 Å². The molecule has 0 radical (unpaired) electrons. The van der Waals surface area contributed by atoms with Crippen LogP contribution < -0.4 is 5.32 Å².